The van der Waals surface area contributed by atoms with Crippen molar-refractivity contribution in [1.82, 2.24) is 5.32 Å². The highest BCUT2D eigenvalue weighted by Gasteiger charge is 2.22. The average molecular weight is 388 g/mol. The van der Waals surface area contributed by atoms with Gasteiger partial charge in [0.1, 0.15) is 0 Å². The molecule has 28 heavy (non-hydrogen) atoms. The third kappa shape index (κ3) is 6.06. The van der Waals surface area contributed by atoms with Crippen LogP contribution in [0, 0.1) is 5.82 Å². The summed E-state index contributed by atoms with van der Waals surface area (Å²) in [5.74, 6) is -1.28. The molecule has 1 atom stereocenters. The van der Waals surface area contributed by atoms with E-state index in [4.69, 9.17) is 9.47 Å². The lowest BCUT2D eigenvalue weighted by Crippen LogP contribution is -2.34. The first-order chi connectivity index (χ1) is 13.6. The number of halogens is 1. The summed E-state index contributed by atoms with van der Waals surface area (Å²) in [7, 11) is 1.60. The largest absolute Gasteiger partial charge is 0.478 e. The number of nitrogens with one attached hydrogen (secondary N) is 2. The van der Waals surface area contributed by atoms with Crippen LogP contribution in [-0.2, 0) is 9.53 Å². The maximum Gasteiger partial charge on any atom is 0.265 e. The Hall–Kier alpha value is -2.93. The Morgan fingerprint density at radius 2 is 1.82 bits per heavy atom. The van der Waals surface area contributed by atoms with E-state index in [-0.39, 0.29) is 11.7 Å². The Morgan fingerprint density at radius 3 is 2.54 bits per heavy atom. The Morgan fingerprint density at radius 1 is 1.11 bits per heavy atom. The van der Waals surface area contributed by atoms with Crippen LogP contribution in [0.3, 0.4) is 0 Å². The van der Waals surface area contributed by atoms with Crippen molar-refractivity contribution in [2.45, 2.75) is 25.9 Å². The molecule has 6 nitrogen and oxygen atoms in total. The third-order valence-electron chi connectivity index (χ3n) is 4.01. The molecule has 0 radical (unpaired) electrons. The van der Waals surface area contributed by atoms with Crippen LogP contribution in [0.4, 0.5) is 10.1 Å². The highest BCUT2D eigenvalue weighted by molar-refractivity contribution is 6.04. The van der Waals surface area contributed by atoms with Crippen LogP contribution < -0.4 is 15.4 Å². The van der Waals surface area contributed by atoms with Crippen molar-refractivity contribution in [2.75, 3.05) is 25.6 Å². The molecule has 0 saturated carbocycles. The SMILES string of the molecule is CC[C@@H](Oc1ccccc1F)C(=O)Nc1ccccc1C(=O)NCCCOC. The minimum Gasteiger partial charge on any atom is -0.478 e. The van der Waals surface area contributed by atoms with Crippen LogP contribution in [0.2, 0.25) is 0 Å². The quantitative estimate of drug-likeness (QED) is 0.612. The summed E-state index contributed by atoms with van der Waals surface area (Å²) >= 11 is 0. The van der Waals surface area contributed by atoms with Gasteiger partial charge in [0.05, 0.1) is 11.3 Å². The Kier molecular flexibility index (Phi) is 8.42. The van der Waals surface area contributed by atoms with Crippen molar-refractivity contribution in [1.29, 1.82) is 0 Å². The lowest BCUT2D eigenvalue weighted by atomic mass is 10.1. The van der Waals surface area contributed by atoms with Gasteiger partial charge in [-0.1, -0.05) is 31.2 Å². The average Bonchev–Trinajstić information content (AvgIpc) is 2.70. The van der Waals surface area contributed by atoms with Gasteiger partial charge < -0.3 is 20.1 Å². The van der Waals surface area contributed by atoms with E-state index in [1.165, 1.54) is 12.1 Å². The van der Waals surface area contributed by atoms with Crippen molar-refractivity contribution >= 4 is 17.5 Å². The molecule has 0 heterocycles. The van der Waals surface area contributed by atoms with Gasteiger partial charge in [-0.3, -0.25) is 9.59 Å². The van der Waals surface area contributed by atoms with Crippen LogP contribution in [0.15, 0.2) is 48.5 Å². The Bertz CT molecular complexity index is 797. The Balaban J connectivity index is 2.06. The highest BCUT2D eigenvalue weighted by Crippen LogP contribution is 2.20. The van der Waals surface area contributed by atoms with Crippen molar-refractivity contribution in [3.8, 4) is 5.75 Å². The molecule has 0 spiro atoms. The van der Waals surface area contributed by atoms with Gasteiger partial charge in [0.25, 0.3) is 11.8 Å². The number of para-hydroxylation sites is 2. The van der Waals surface area contributed by atoms with E-state index in [1.54, 1.807) is 50.4 Å². The van der Waals surface area contributed by atoms with Gasteiger partial charge in [0.15, 0.2) is 17.7 Å². The number of hydrogen-bond donors (Lipinski definition) is 2. The summed E-state index contributed by atoms with van der Waals surface area (Å²) in [6, 6.07) is 12.6. The van der Waals surface area contributed by atoms with Crippen molar-refractivity contribution in [3.63, 3.8) is 0 Å². The van der Waals surface area contributed by atoms with Crippen LogP contribution in [0.1, 0.15) is 30.1 Å². The molecule has 2 rings (SSSR count). The predicted octanol–water partition coefficient (Wildman–Crippen LogP) is 3.39. The van der Waals surface area contributed by atoms with Crippen molar-refractivity contribution in [3.05, 3.63) is 59.9 Å². The number of amides is 2. The molecule has 0 bridgehead atoms. The van der Waals surface area contributed by atoms with Gasteiger partial charge in [-0.2, -0.15) is 0 Å². The fourth-order valence-corrected chi connectivity index (χ4v) is 2.53. The fourth-order valence-electron chi connectivity index (χ4n) is 2.53. The van der Waals surface area contributed by atoms with Crippen LogP contribution >= 0.6 is 0 Å². The van der Waals surface area contributed by atoms with Gasteiger partial charge in [-0.05, 0) is 37.1 Å². The zero-order chi connectivity index (χ0) is 20.4. The molecular weight excluding hydrogens is 363 g/mol. The maximum atomic E-state index is 13.8. The van der Waals surface area contributed by atoms with E-state index in [0.29, 0.717) is 37.2 Å². The van der Waals surface area contributed by atoms with Gasteiger partial charge in [-0.25, -0.2) is 4.39 Å². The van der Waals surface area contributed by atoms with E-state index in [2.05, 4.69) is 10.6 Å². The molecule has 0 aliphatic carbocycles. The molecule has 0 saturated heterocycles. The molecule has 150 valence electrons. The third-order valence-corrected chi connectivity index (χ3v) is 4.01. The predicted molar refractivity (Wildman–Crippen MR) is 105 cm³/mol. The molecule has 2 aromatic carbocycles. The van der Waals surface area contributed by atoms with E-state index in [0.717, 1.165) is 0 Å². The molecule has 2 amide bonds. The van der Waals surface area contributed by atoms with Gasteiger partial charge in [0.2, 0.25) is 0 Å². The number of carbonyl (C=O) groups excluding carboxylic acids is 2. The zero-order valence-electron chi connectivity index (χ0n) is 16.0. The maximum absolute atomic E-state index is 13.8. The van der Waals surface area contributed by atoms with E-state index in [9.17, 15) is 14.0 Å². The standard InChI is InChI=1S/C21H25FN2O4/c1-3-18(28-19-12-7-5-10-16(19)22)21(26)24-17-11-6-4-9-15(17)20(25)23-13-8-14-27-2/h4-7,9-12,18H,3,8,13-14H2,1-2H3,(H,23,25)(H,24,26)/t18-/m1/s1. The second kappa shape index (κ2) is 11.0. The number of benzene rings is 2. The van der Waals surface area contributed by atoms with E-state index < -0.39 is 17.8 Å². The first-order valence-electron chi connectivity index (χ1n) is 9.15. The second-order valence-electron chi connectivity index (χ2n) is 6.08. The van der Waals surface area contributed by atoms with Crippen LogP contribution in [-0.4, -0.2) is 38.2 Å². The first-order valence-corrected chi connectivity index (χ1v) is 9.15. The van der Waals surface area contributed by atoms with Crippen LogP contribution in [0.5, 0.6) is 5.75 Å². The van der Waals surface area contributed by atoms with Crippen molar-refractivity contribution < 1.29 is 23.5 Å². The number of anilines is 1. The second-order valence-corrected chi connectivity index (χ2v) is 6.08. The zero-order valence-corrected chi connectivity index (χ0v) is 16.0. The summed E-state index contributed by atoms with van der Waals surface area (Å²) in [6.45, 7) is 2.77. The minimum atomic E-state index is -0.894. The summed E-state index contributed by atoms with van der Waals surface area (Å²) in [5.41, 5.74) is 0.710. The topological polar surface area (TPSA) is 76.7 Å². The van der Waals surface area contributed by atoms with E-state index >= 15 is 0 Å². The monoisotopic (exact) mass is 388 g/mol. The molecule has 0 fully saturated rings. The number of hydrogen-bond acceptors (Lipinski definition) is 4. The molecule has 2 N–H and O–H groups in total. The van der Waals surface area contributed by atoms with Crippen molar-refractivity contribution in [2.24, 2.45) is 0 Å². The van der Waals surface area contributed by atoms with Gasteiger partial charge in [-0.15, -0.1) is 0 Å². The molecule has 0 aliphatic heterocycles. The molecule has 0 aliphatic rings. The first kappa shape index (κ1) is 21.4. The highest BCUT2D eigenvalue weighted by atomic mass is 19.1. The number of ether oxygens (including phenoxy) is 2. The fraction of sp³-hybridized carbons (Fsp3) is 0.333. The number of rotatable bonds is 10. The lowest BCUT2D eigenvalue weighted by Gasteiger charge is -2.18. The Labute approximate surface area is 164 Å². The van der Waals surface area contributed by atoms with Gasteiger partial charge >= 0.3 is 0 Å². The summed E-state index contributed by atoms with van der Waals surface area (Å²) < 4.78 is 24.3. The normalized spacial score (nSPS) is 11.5. The number of methoxy groups -OCH3 is 1. The summed E-state index contributed by atoms with van der Waals surface area (Å²) in [6.07, 6.45) is 0.131. The number of carbonyl (C=O) groups is 2. The molecular formula is C21H25FN2O4. The van der Waals surface area contributed by atoms with Gasteiger partial charge in [0, 0.05) is 20.3 Å². The smallest absolute Gasteiger partial charge is 0.265 e. The molecule has 2 aromatic rings. The minimum absolute atomic E-state index is 0.00803. The van der Waals surface area contributed by atoms with Crippen LogP contribution in [0.25, 0.3) is 0 Å². The molecule has 0 aromatic heterocycles. The summed E-state index contributed by atoms with van der Waals surface area (Å²) in [4.78, 5) is 25.0. The summed E-state index contributed by atoms with van der Waals surface area (Å²) in [5, 5.41) is 5.50. The molecule has 0 unspecified atom stereocenters. The lowest BCUT2D eigenvalue weighted by molar-refractivity contribution is -0.122. The van der Waals surface area contributed by atoms with E-state index in [1.807, 2.05) is 0 Å². The molecule has 7 heteroatoms.